The molecule has 1 fully saturated rings. The Morgan fingerprint density at radius 2 is 1.74 bits per heavy atom. The van der Waals surface area contributed by atoms with Gasteiger partial charge in [-0.1, -0.05) is 36.4 Å². The molecule has 14 heteroatoms. The Balaban J connectivity index is 1.48. The predicted molar refractivity (Wildman–Crippen MR) is 137 cm³/mol. The molecule has 0 radical (unpaired) electrons. The van der Waals surface area contributed by atoms with E-state index in [9.17, 15) is 24.6 Å². The van der Waals surface area contributed by atoms with Gasteiger partial charge in [0.15, 0.2) is 12.0 Å². The van der Waals surface area contributed by atoms with Crippen molar-refractivity contribution >= 4 is 29.8 Å². The molecule has 3 aliphatic rings. The van der Waals surface area contributed by atoms with E-state index in [1.165, 1.54) is 4.90 Å². The number of nitrogens with two attached hydrogens (primary N) is 2. The molecule has 3 aliphatic heterocycles. The molecule has 2 aromatic carbocycles. The standard InChI is InChI=1S/C25H28N8O6/c1-39-23(36)32(20(35)15-10-6-3-7-11-15)12-16-18-24(31-21(26)30-18)25(37,38)17(13-33(24)22(27)28-16)29-19(34)14-8-4-2-5-9-14/h2-11,16-18,37-38H,12-13H2,1H3,(H2,27,28)(H,29,34)(H3,26,30,31)/p+1/t16-,17-,18-,24-/m0/s1. The minimum atomic E-state index is -2.64. The van der Waals surface area contributed by atoms with Gasteiger partial charge in [-0.3, -0.25) is 25.2 Å². The van der Waals surface area contributed by atoms with Gasteiger partial charge in [0.2, 0.25) is 5.79 Å². The van der Waals surface area contributed by atoms with Crippen LogP contribution in [-0.2, 0) is 4.74 Å². The summed E-state index contributed by atoms with van der Waals surface area (Å²) in [5.74, 6) is -3.94. The summed E-state index contributed by atoms with van der Waals surface area (Å²) in [7, 11) is 1.14. The molecule has 9 N–H and O–H groups in total. The minimum Gasteiger partial charge on any atom is -0.452 e. The Morgan fingerprint density at radius 1 is 1.13 bits per heavy atom. The van der Waals surface area contributed by atoms with Gasteiger partial charge in [0.1, 0.15) is 12.1 Å². The number of amides is 3. The number of methoxy groups -OCH3 is 1. The third-order valence-electron chi connectivity index (χ3n) is 7.26. The van der Waals surface area contributed by atoms with Crippen LogP contribution in [0.15, 0.2) is 65.7 Å². The van der Waals surface area contributed by atoms with E-state index in [2.05, 4.69) is 20.6 Å². The topological polar surface area (TPSA) is 210 Å². The number of imide groups is 1. The molecule has 204 valence electrons. The van der Waals surface area contributed by atoms with Crippen LogP contribution >= 0.6 is 0 Å². The first-order valence-electron chi connectivity index (χ1n) is 12.1. The van der Waals surface area contributed by atoms with E-state index in [0.717, 1.165) is 12.0 Å². The molecule has 5 rings (SSSR count). The summed E-state index contributed by atoms with van der Waals surface area (Å²) >= 11 is 0. The number of aliphatic imine (C=N–C) groups is 1. The monoisotopic (exact) mass is 537 g/mol. The van der Waals surface area contributed by atoms with Gasteiger partial charge >= 0.3 is 12.1 Å². The first-order valence-corrected chi connectivity index (χ1v) is 12.1. The van der Waals surface area contributed by atoms with Crippen LogP contribution < -0.4 is 27.1 Å². The number of aliphatic hydroxyl groups is 2. The van der Waals surface area contributed by atoms with Crippen LogP contribution in [-0.4, -0.2) is 99.6 Å². The number of carbonyl (C=O) groups is 3. The summed E-state index contributed by atoms with van der Waals surface area (Å²) in [5.41, 5.74) is 11.1. The quantitative estimate of drug-likeness (QED) is 0.187. The Morgan fingerprint density at radius 3 is 2.36 bits per heavy atom. The van der Waals surface area contributed by atoms with E-state index >= 15 is 0 Å². The van der Waals surface area contributed by atoms with Gasteiger partial charge in [-0.05, 0) is 24.3 Å². The Kier molecular flexibility index (Phi) is 6.36. The molecule has 4 atom stereocenters. The van der Waals surface area contributed by atoms with Gasteiger partial charge in [0.05, 0.1) is 20.2 Å². The van der Waals surface area contributed by atoms with E-state index in [4.69, 9.17) is 16.2 Å². The summed E-state index contributed by atoms with van der Waals surface area (Å²) in [6, 6.07) is 13.2. The molecule has 0 saturated carbocycles. The number of hydrogen-bond acceptors (Lipinski definition) is 11. The molecule has 0 aromatic heterocycles. The average Bonchev–Trinajstić information content (AvgIpc) is 3.41. The lowest BCUT2D eigenvalue weighted by Crippen LogP contribution is -2.90. The second kappa shape index (κ2) is 9.56. The highest BCUT2D eigenvalue weighted by molar-refractivity contribution is 6.03. The molecular weight excluding hydrogens is 508 g/mol. The average molecular weight is 538 g/mol. The van der Waals surface area contributed by atoms with Crippen molar-refractivity contribution in [2.24, 2.45) is 16.5 Å². The first kappa shape index (κ1) is 25.9. The molecule has 0 unspecified atom stereocenters. The summed E-state index contributed by atoms with van der Waals surface area (Å²) in [6.07, 6.45) is -0.935. The van der Waals surface area contributed by atoms with Crippen molar-refractivity contribution < 1.29 is 34.3 Å². The van der Waals surface area contributed by atoms with Crippen molar-refractivity contribution in [1.82, 2.24) is 20.4 Å². The molecule has 3 heterocycles. The number of carbonyl (C=O) groups excluding carboxylic acids is 3. The first-order chi connectivity index (χ1) is 18.6. The number of benzene rings is 2. The zero-order valence-electron chi connectivity index (χ0n) is 20.9. The largest absolute Gasteiger partial charge is 0.452 e. The van der Waals surface area contributed by atoms with Crippen LogP contribution in [0.4, 0.5) is 4.79 Å². The summed E-state index contributed by atoms with van der Waals surface area (Å²) in [5, 5.41) is 28.7. The molecule has 14 nitrogen and oxygen atoms in total. The van der Waals surface area contributed by atoms with Gasteiger partial charge in [-0.15, -0.1) is 0 Å². The van der Waals surface area contributed by atoms with Crippen molar-refractivity contribution in [3.8, 4) is 0 Å². The number of nitrogens with one attached hydrogen (secondary N) is 3. The van der Waals surface area contributed by atoms with Crippen molar-refractivity contribution in [3.05, 3.63) is 71.8 Å². The van der Waals surface area contributed by atoms with Crippen molar-refractivity contribution in [1.29, 1.82) is 0 Å². The molecular formula is C25H29N8O6+. The van der Waals surface area contributed by atoms with E-state index in [-0.39, 0.29) is 30.6 Å². The van der Waals surface area contributed by atoms with Crippen LogP contribution in [0.1, 0.15) is 20.7 Å². The van der Waals surface area contributed by atoms with E-state index in [0.29, 0.717) is 5.56 Å². The molecule has 2 aromatic rings. The lowest BCUT2D eigenvalue weighted by molar-refractivity contribution is -0.521. The van der Waals surface area contributed by atoms with Gasteiger partial charge in [-0.25, -0.2) is 20.0 Å². The molecule has 3 amide bonds. The second-order valence-electron chi connectivity index (χ2n) is 9.46. The highest BCUT2D eigenvalue weighted by Gasteiger charge is 2.76. The molecule has 0 aliphatic carbocycles. The Bertz CT molecular complexity index is 1350. The van der Waals surface area contributed by atoms with Crippen molar-refractivity contribution in [3.63, 3.8) is 0 Å². The lowest BCUT2D eigenvalue weighted by atomic mass is 9.84. The maximum absolute atomic E-state index is 13.2. The van der Waals surface area contributed by atoms with Crippen LogP contribution in [0.25, 0.3) is 0 Å². The maximum Gasteiger partial charge on any atom is 0.416 e. The molecule has 1 spiro atoms. The predicted octanol–water partition coefficient (Wildman–Crippen LogP) is -3.55. The second-order valence-corrected chi connectivity index (χ2v) is 9.46. The van der Waals surface area contributed by atoms with Crippen LogP contribution in [0, 0.1) is 0 Å². The normalized spacial score (nSPS) is 26.3. The van der Waals surface area contributed by atoms with E-state index < -0.39 is 47.5 Å². The van der Waals surface area contributed by atoms with Gasteiger partial charge < -0.3 is 26.0 Å². The van der Waals surface area contributed by atoms with Gasteiger partial charge in [0, 0.05) is 11.1 Å². The van der Waals surface area contributed by atoms with E-state index in [1.54, 1.807) is 60.7 Å². The fourth-order valence-corrected chi connectivity index (χ4v) is 5.43. The number of ether oxygens (including phenoxy) is 1. The number of guanidine groups is 2. The number of nitrogens with zero attached hydrogens (tertiary/aromatic N) is 3. The third kappa shape index (κ3) is 4.09. The molecule has 1 saturated heterocycles. The summed E-state index contributed by atoms with van der Waals surface area (Å²) in [4.78, 5) is 48.5. The highest BCUT2D eigenvalue weighted by atomic mass is 16.5. The zero-order valence-corrected chi connectivity index (χ0v) is 20.9. The van der Waals surface area contributed by atoms with Crippen LogP contribution in [0.2, 0.25) is 0 Å². The smallest absolute Gasteiger partial charge is 0.416 e. The lowest BCUT2D eigenvalue weighted by Gasteiger charge is -2.46. The van der Waals surface area contributed by atoms with Crippen LogP contribution in [0.3, 0.4) is 0 Å². The van der Waals surface area contributed by atoms with Gasteiger partial charge in [-0.2, -0.15) is 0 Å². The zero-order chi connectivity index (χ0) is 27.9. The minimum absolute atomic E-state index is 0.0126. The number of hydrogen-bond donors (Lipinski definition) is 7. The van der Waals surface area contributed by atoms with Crippen molar-refractivity contribution in [2.45, 2.75) is 29.6 Å². The SMILES string of the molecule is COC(=O)N(C[C@@H]1N=C(N)N2C[C@H](NC(=O)c3ccccc3)C(O)(O)[C@@]23NC(N)=[NH+][C@@H]13)C(=O)c1ccccc1. The maximum atomic E-state index is 13.2. The molecule has 0 bridgehead atoms. The third-order valence-corrected chi connectivity index (χ3v) is 7.26. The van der Waals surface area contributed by atoms with Crippen molar-refractivity contribution in [2.75, 3.05) is 20.2 Å². The van der Waals surface area contributed by atoms with Crippen LogP contribution in [0.5, 0.6) is 0 Å². The van der Waals surface area contributed by atoms with Gasteiger partial charge in [0.25, 0.3) is 17.5 Å². The summed E-state index contributed by atoms with van der Waals surface area (Å²) < 4.78 is 4.85. The highest BCUT2D eigenvalue weighted by Crippen LogP contribution is 2.41. The summed E-state index contributed by atoms with van der Waals surface area (Å²) in [6.45, 7) is -0.462. The van der Waals surface area contributed by atoms with E-state index in [1.807, 2.05) is 0 Å². The number of rotatable bonds is 5. The Hall–Kier alpha value is -4.69. The fourth-order valence-electron chi connectivity index (χ4n) is 5.43. The Labute approximate surface area is 222 Å². The molecule has 39 heavy (non-hydrogen) atoms. The fraction of sp³-hybridized carbons (Fsp3) is 0.320.